The molecule has 4 saturated carbocycles. The van der Waals surface area contributed by atoms with Crippen molar-refractivity contribution >= 4 is 17.5 Å². The lowest BCUT2D eigenvalue weighted by atomic mass is 9.49. The number of carbonyl (C=O) groups excluding carboxylic acids is 1. The van der Waals surface area contributed by atoms with Crippen LogP contribution in [0.4, 0.5) is 0 Å². The Morgan fingerprint density at radius 2 is 1.74 bits per heavy atom. The maximum Gasteiger partial charge on any atom is 0.226 e. The predicted octanol–water partition coefficient (Wildman–Crippen LogP) is 4.02. The minimum Gasteiger partial charge on any atom is -0.345 e. The van der Waals surface area contributed by atoms with Crippen molar-refractivity contribution in [1.82, 2.24) is 5.32 Å². The molecule has 1 N–H and O–H groups in total. The van der Waals surface area contributed by atoms with Gasteiger partial charge in [-0.05, 0) is 68.4 Å². The maximum atomic E-state index is 12.8. The van der Waals surface area contributed by atoms with Crippen LogP contribution < -0.4 is 5.32 Å². The van der Waals surface area contributed by atoms with Crippen LogP contribution in [-0.2, 0) is 4.79 Å². The maximum absolute atomic E-state index is 12.8. The Morgan fingerprint density at radius 1 is 1.13 bits per heavy atom. The molecule has 1 aromatic carbocycles. The van der Waals surface area contributed by atoms with E-state index in [1.54, 1.807) is 0 Å². The minimum absolute atomic E-state index is 0.0825. The van der Waals surface area contributed by atoms with Gasteiger partial charge in [0.15, 0.2) is 0 Å². The first-order chi connectivity index (χ1) is 11.1. The molecule has 4 fully saturated rings. The molecule has 0 aromatic heterocycles. The van der Waals surface area contributed by atoms with Crippen LogP contribution in [0, 0.1) is 35.0 Å². The first-order valence-electron chi connectivity index (χ1n) is 8.66. The average Bonchev–Trinajstić information content (AvgIpc) is 2.51. The Bertz CT molecular complexity index is 649. The van der Waals surface area contributed by atoms with Crippen LogP contribution in [0.3, 0.4) is 0 Å². The standard InChI is InChI=1S/C20H22ClNO/c21-18-6-2-1-4-17(18)5-3-7-22-19(23)20-11-14-8-15(12-20)10-16(9-14)13-20/h1-2,4,6,14-16H,7-13H2,(H,22,23). The van der Waals surface area contributed by atoms with E-state index in [0.717, 1.165) is 42.6 Å². The molecule has 1 amide bonds. The summed E-state index contributed by atoms with van der Waals surface area (Å²) in [6, 6.07) is 7.54. The molecule has 2 nitrogen and oxygen atoms in total. The highest BCUT2D eigenvalue weighted by molar-refractivity contribution is 6.31. The Labute approximate surface area is 143 Å². The van der Waals surface area contributed by atoms with Crippen LogP contribution in [0.25, 0.3) is 0 Å². The van der Waals surface area contributed by atoms with Crippen molar-refractivity contribution in [3.63, 3.8) is 0 Å². The quantitative estimate of drug-likeness (QED) is 0.817. The second-order valence-corrected chi connectivity index (χ2v) is 8.07. The number of hydrogen-bond acceptors (Lipinski definition) is 1. The molecule has 4 bridgehead atoms. The van der Waals surface area contributed by atoms with Crippen molar-refractivity contribution in [2.45, 2.75) is 38.5 Å². The van der Waals surface area contributed by atoms with Crippen LogP contribution in [-0.4, -0.2) is 12.5 Å². The average molecular weight is 328 g/mol. The van der Waals surface area contributed by atoms with Crippen molar-refractivity contribution in [3.05, 3.63) is 34.9 Å². The molecule has 0 heterocycles. The van der Waals surface area contributed by atoms with E-state index in [9.17, 15) is 4.79 Å². The normalized spacial score (nSPS) is 33.9. The smallest absolute Gasteiger partial charge is 0.226 e. The molecule has 0 atom stereocenters. The molecule has 4 aliphatic rings. The van der Waals surface area contributed by atoms with Crippen LogP contribution in [0.2, 0.25) is 5.02 Å². The fourth-order valence-corrected chi connectivity index (χ4v) is 5.59. The lowest BCUT2D eigenvalue weighted by Crippen LogP contribution is -2.53. The first-order valence-corrected chi connectivity index (χ1v) is 9.04. The third-order valence-electron chi connectivity index (χ3n) is 5.95. The Hall–Kier alpha value is -1.46. The van der Waals surface area contributed by atoms with Crippen molar-refractivity contribution in [2.24, 2.45) is 23.2 Å². The summed E-state index contributed by atoms with van der Waals surface area (Å²) in [5, 5.41) is 3.73. The topological polar surface area (TPSA) is 29.1 Å². The summed E-state index contributed by atoms with van der Waals surface area (Å²) in [4.78, 5) is 12.8. The van der Waals surface area contributed by atoms with E-state index in [1.807, 2.05) is 24.3 Å². The molecule has 0 radical (unpaired) electrons. The van der Waals surface area contributed by atoms with Crippen molar-refractivity contribution in [3.8, 4) is 11.8 Å². The van der Waals surface area contributed by atoms with E-state index in [-0.39, 0.29) is 11.3 Å². The van der Waals surface area contributed by atoms with Crippen molar-refractivity contribution in [2.75, 3.05) is 6.54 Å². The summed E-state index contributed by atoms with van der Waals surface area (Å²) < 4.78 is 0. The monoisotopic (exact) mass is 327 g/mol. The molecular weight excluding hydrogens is 306 g/mol. The van der Waals surface area contributed by atoms with Gasteiger partial charge in [0.05, 0.1) is 11.6 Å². The molecule has 3 heteroatoms. The molecule has 0 unspecified atom stereocenters. The number of carbonyl (C=O) groups is 1. The van der Waals surface area contributed by atoms with Gasteiger partial charge in [0.25, 0.3) is 0 Å². The molecule has 1 aromatic rings. The number of benzene rings is 1. The number of halogens is 1. The zero-order valence-corrected chi connectivity index (χ0v) is 14.0. The lowest BCUT2D eigenvalue weighted by molar-refractivity contribution is -0.145. The second-order valence-electron chi connectivity index (χ2n) is 7.66. The molecule has 0 saturated heterocycles. The van der Waals surface area contributed by atoms with Gasteiger partial charge in [-0.2, -0.15) is 0 Å². The van der Waals surface area contributed by atoms with Crippen LogP contribution in [0.5, 0.6) is 0 Å². The predicted molar refractivity (Wildman–Crippen MR) is 91.9 cm³/mol. The van der Waals surface area contributed by atoms with Crippen molar-refractivity contribution < 1.29 is 4.79 Å². The van der Waals surface area contributed by atoms with Crippen LogP contribution >= 0.6 is 11.6 Å². The highest BCUT2D eigenvalue weighted by Crippen LogP contribution is 2.60. The van der Waals surface area contributed by atoms with E-state index < -0.39 is 0 Å². The largest absolute Gasteiger partial charge is 0.345 e. The number of nitrogens with one attached hydrogen (secondary N) is 1. The first kappa shape index (κ1) is 15.1. The fraction of sp³-hybridized carbons (Fsp3) is 0.550. The Balaban J connectivity index is 1.39. The summed E-state index contributed by atoms with van der Waals surface area (Å²) >= 11 is 6.09. The molecule has 23 heavy (non-hydrogen) atoms. The van der Waals surface area contributed by atoms with Gasteiger partial charge < -0.3 is 5.32 Å². The second kappa shape index (κ2) is 5.87. The minimum atomic E-state index is -0.0825. The molecule has 0 spiro atoms. The van der Waals surface area contributed by atoms with E-state index in [1.165, 1.54) is 19.3 Å². The summed E-state index contributed by atoms with van der Waals surface area (Å²) in [5.74, 6) is 8.70. The molecule has 4 aliphatic carbocycles. The zero-order chi connectivity index (χ0) is 15.9. The number of amides is 1. The third-order valence-corrected chi connectivity index (χ3v) is 6.28. The van der Waals surface area contributed by atoms with E-state index >= 15 is 0 Å². The number of rotatable bonds is 2. The molecule has 120 valence electrons. The van der Waals surface area contributed by atoms with Gasteiger partial charge in [-0.25, -0.2) is 0 Å². The van der Waals surface area contributed by atoms with Gasteiger partial charge >= 0.3 is 0 Å². The van der Waals surface area contributed by atoms with Gasteiger partial charge in [-0.1, -0.05) is 35.6 Å². The fourth-order valence-electron chi connectivity index (χ4n) is 5.40. The summed E-state index contributed by atoms with van der Waals surface area (Å²) in [5.41, 5.74) is 0.735. The summed E-state index contributed by atoms with van der Waals surface area (Å²) in [6.07, 6.45) is 7.38. The molecule has 5 rings (SSSR count). The lowest BCUT2D eigenvalue weighted by Gasteiger charge is -2.55. The number of hydrogen-bond donors (Lipinski definition) is 1. The van der Waals surface area contributed by atoms with Gasteiger partial charge in [-0.3, -0.25) is 4.79 Å². The van der Waals surface area contributed by atoms with E-state index in [0.29, 0.717) is 11.6 Å². The Kier molecular flexibility index (Phi) is 3.85. The van der Waals surface area contributed by atoms with E-state index in [2.05, 4.69) is 17.2 Å². The van der Waals surface area contributed by atoms with E-state index in [4.69, 9.17) is 11.6 Å². The molecule has 0 aliphatic heterocycles. The third kappa shape index (κ3) is 2.88. The van der Waals surface area contributed by atoms with Gasteiger partial charge in [0.2, 0.25) is 5.91 Å². The SMILES string of the molecule is O=C(NCC#Cc1ccccc1Cl)C12CC3CC(CC(C3)C1)C2. The molecular formula is C20H22ClNO. The highest BCUT2D eigenvalue weighted by atomic mass is 35.5. The van der Waals surface area contributed by atoms with Gasteiger partial charge in [-0.15, -0.1) is 0 Å². The highest BCUT2D eigenvalue weighted by Gasteiger charge is 2.54. The van der Waals surface area contributed by atoms with Crippen molar-refractivity contribution in [1.29, 1.82) is 0 Å². The van der Waals surface area contributed by atoms with Gasteiger partial charge in [0.1, 0.15) is 0 Å². The summed E-state index contributed by atoms with van der Waals surface area (Å²) in [6.45, 7) is 0.409. The van der Waals surface area contributed by atoms with Gasteiger partial charge in [0, 0.05) is 11.0 Å². The zero-order valence-electron chi connectivity index (χ0n) is 13.3. The van der Waals surface area contributed by atoms with Crippen LogP contribution in [0.15, 0.2) is 24.3 Å². The Morgan fingerprint density at radius 3 is 2.35 bits per heavy atom. The van der Waals surface area contributed by atoms with Crippen LogP contribution in [0.1, 0.15) is 44.1 Å². The summed E-state index contributed by atoms with van der Waals surface area (Å²) in [7, 11) is 0.